The fraction of sp³-hybridized carbons (Fsp3) is 0.0909. The van der Waals surface area contributed by atoms with Gasteiger partial charge >= 0.3 is 5.97 Å². The number of hydrogen-bond donors (Lipinski definition) is 1. The van der Waals surface area contributed by atoms with E-state index in [-0.39, 0.29) is 11.5 Å². The standard InChI is InChI=1S/C11H8BrFN2O2/c1-6-4-9(11(16)17)14-15(6)10-3-2-7(13)5-8(10)12/h2-5H,1H3,(H,16,17). The van der Waals surface area contributed by atoms with Gasteiger partial charge in [0.15, 0.2) is 5.69 Å². The van der Waals surface area contributed by atoms with Crippen molar-refractivity contribution in [1.82, 2.24) is 9.78 Å². The Hall–Kier alpha value is -1.69. The minimum atomic E-state index is -1.09. The Morgan fingerprint density at radius 1 is 1.47 bits per heavy atom. The van der Waals surface area contributed by atoms with Crippen LogP contribution >= 0.6 is 15.9 Å². The predicted octanol–water partition coefficient (Wildman–Crippen LogP) is 2.78. The van der Waals surface area contributed by atoms with E-state index in [2.05, 4.69) is 21.0 Å². The summed E-state index contributed by atoms with van der Waals surface area (Å²) in [5.41, 5.74) is 1.21. The molecular weight excluding hydrogens is 291 g/mol. The predicted molar refractivity (Wildman–Crippen MR) is 62.9 cm³/mol. The number of halogens is 2. The van der Waals surface area contributed by atoms with Crippen LogP contribution in [0, 0.1) is 12.7 Å². The first-order valence-corrected chi connectivity index (χ1v) is 5.53. The number of nitrogens with zero attached hydrogens (tertiary/aromatic N) is 2. The van der Waals surface area contributed by atoms with Crippen molar-refractivity contribution in [3.63, 3.8) is 0 Å². The molecule has 0 aliphatic carbocycles. The van der Waals surface area contributed by atoms with Gasteiger partial charge in [0.25, 0.3) is 0 Å². The zero-order valence-corrected chi connectivity index (χ0v) is 10.4. The molecule has 1 heterocycles. The molecule has 0 radical (unpaired) electrons. The molecule has 17 heavy (non-hydrogen) atoms. The Kier molecular flexibility index (Phi) is 2.97. The maximum atomic E-state index is 12.9. The van der Waals surface area contributed by atoms with Crippen molar-refractivity contribution in [2.75, 3.05) is 0 Å². The molecule has 4 nitrogen and oxygen atoms in total. The molecule has 0 atom stereocenters. The number of carbonyl (C=O) groups is 1. The zero-order valence-electron chi connectivity index (χ0n) is 8.82. The van der Waals surface area contributed by atoms with Crippen LogP contribution in [0.2, 0.25) is 0 Å². The van der Waals surface area contributed by atoms with Crippen molar-refractivity contribution in [3.05, 3.63) is 45.9 Å². The summed E-state index contributed by atoms with van der Waals surface area (Å²) >= 11 is 3.22. The number of aromatic carboxylic acids is 1. The molecule has 0 fully saturated rings. The largest absolute Gasteiger partial charge is 0.476 e. The number of hydrogen-bond acceptors (Lipinski definition) is 2. The van der Waals surface area contributed by atoms with Crippen molar-refractivity contribution >= 4 is 21.9 Å². The molecule has 0 amide bonds. The van der Waals surface area contributed by atoms with Crippen molar-refractivity contribution in [3.8, 4) is 5.69 Å². The van der Waals surface area contributed by atoms with Gasteiger partial charge in [0, 0.05) is 10.2 Å². The molecule has 0 saturated heterocycles. The SMILES string of the molecule is Cc1cc(C(=O)O)nn1-c1ccc(F)cc1Br. The number of aryl methyl sites for hydroxylation is 1. The monoisotopic (exact) mass is 298 g/mol. The Morgan fingerprint density at radius 2 is 2.18 bits per heavy atom. The topological polar surface area (TPSA) is 55.1 Å². The van der Waals surface area contributed by atoms with Gasteiger partial charge in [-0.3, -0.25) is 0 Å². The molecule has 0 aliphatic heterocycles. The molecule has 1 N–H and O–H groups in total. The normalized spacial score (nSPS) is 10.5. The highest BCUT2D eigenvalue weighted by atomic mass is 79.9. The number of benzene rings is 1. The van der Waals surface area contributed by atoms with Crippen molar-refractivity contribution in [2.24, 2.45) is 0 Å². The maximum Gasteiger partial charge on any atom is 0.356 e. The Bertz CT molecular complexity index is 595. The molecule has 1 aromatic carbocycles. The lowest BCUT2D eigenvalue weighted by Gasteiger charge is -2.06. The summed E-state index contributed by atoms with van der Waals surface area (Å²) in [6, 6.07) is 5.59. The highest BCUT2D eigenvalue weighted by molar-refractivity contribution is 9.10. The molecule has 0 unspecified atom stereocenters. The van der Waals surface area contributed by atoms with Crippen LogP contribution in [0.25, 0.3) is 5.69 Å². The lowest BCUT2D eigenvalue weighted by atomic mass is 10.3. The van der Waals surface area contributed by atoms with Crippen LogP contribution < -0.4 is 0 Å². The molecule has 6 heteroatoms. The quantitative estimate of drug-likeness (QED) is 0.927. The van der Waals surface area contributed by atoms with Crippen LogP contribution in [0.3, 0.4) is 0 Å². The van der Waals surface area contributed by atoms with E-state index in [9.17, 15) is 9.18 Å². The summed E-state index contributed by atoms with van der Waals surface area (Å²) in [5.74, 6) is -1.46. The van der Waals surface area contributed by atoms with Crippen molar-refractivity contribution < 1.29 is 14.3 Å². The minimum absolute atomic E-state index is 0.0428. The van der Waals surface area contributed by atoms with Gasteiger partial charge in [0.05, 0.1) is 5.69 Å². The molecule has 2 aromatic rings. The molecule has 1 aromatic heterocycles. The second-order valence-corrected chi connectivity index (χ2v) is 4.34. The minimum Gasteiger partial charge on any atom is -0.476 e. The van der Waals surface area contributed by atoms with Gasteiger partial charge in [0.2, 0.25) is 0 Å². The lowest BCUT2D eigenvalue weighted by molar-refractivity contribution is 0.0690. The van der Waals surface area contributed by atoms with Crippen molar-refractivity contribution in [1.29, 1.82) is 0 Å². The molecule has 0 spiro atoms. The van der Waals surface area contributed by atoms with Crippen LogP contribution in [-0.4, -0.2) is 20.9 Å². The number of carboxylic acid groups (broad SMARTS) is 1. The van der Waals surface area contributed by atoms with Crippen molar-refractivity contribution in [2.45, 2.75) is 6.92 Å². The van der Waals surface area contributed by atoms with E-state index in [0.29, 0.717) is 15.9 Å². The van der Waals surface area contributed by atoms with Crippen LogP contribution in [0.1, 0.15) is 16.2 Å². The summed E-state index contributed by atoms with van der Waals surface area (Å²) in [7, 11) is 0. The second-order valence-electron chi connectivity index (χ2n) is 3.48. The first-order chi connectivity index (χ1) is 7.99. The Labute approximate surface area is 105 Å². The van der Waals surface area contributed by atoms with Crippen LogP contribution in [0.15, 0.2) is 28.7 Å². The number of carboxylic acids is 1. The van der Waals surface area contributed by atoms with E-state index < -0.39 is 5.97 Å². The van der Waals surface area contributed by atoms with E-state index in [1.807, 2.05) is 0 Å². The van der Waals surface area contributed by atoms with E-state index in [0.717, 1.165) is 0 Å². The van der Waals surface area contributed by atoms with Crippen LogP contribution in [0.5, 0.6) is 0 Å². The van der Waals surface area contributed by atoms with Gasteiger partial charge in [-0.2, -0.15) is 5.10 Å². The Balaban J connectivity index is 2.56. The van der Waals surface area contributed by atoms with Gasteiger partial charge in [-0.1, -0.05) is 0 Å². The Morgan fingerprint density at radius 3 is 2.71 bits per heavy atom. The summed E-state index contributed by atoms with van der Waals surface area (Å²) in [4.78, 5) is 10.8. The summed E-state index contributed by atoms with van der Waals surface area (Å²) < 4.78 is 14.9. The smallest absolute Gasteiger partial charge is 0.356 e. The second kappa shape index (κ2) is 4.29. The van der Waals surface area contributed by atoms with Crippen LogP contribution in [-0.2, 0) is 0 Å². The molecule has 0 bridgehead atoms. The molecular formula is C11H8BrFN2O2. The third kappa shape index (κ3) is 2.21. The number of aromatic nitrogens is 2. The molecule has 0 aliphatic rings. The number of rotatable bonds is 2. The molecule has 0 saturated carbocycles. The average Bonchev–Trinajstić information content (AvgIpc) is 2.61. The fourth-order valence-electron chi connectivity index (χ4n) is 1.48. The third-order valence-electron chi connectivity index (χ3n) is 2.24. The highest BCUT2D eigenvalue weighted by Gasteiger charge is 2.13. The first-order valence-electron chi connectivity index (χ1n) is 4.74. The van der Waals surface area contributed by atoms with Crippen LogP contribution in [0.4, 0.5) is 4.39 Å². The summed E-state index contributed by atoms with van der Waals surface area (Å²) in [6.07, 6.45) is 0. The van der Waals surface area contributed by atoms with Gasteiger partial charge in [-0.15, -0.1) is 0 Å². The fourth-order valence-corrected chi connectivity index (χ4v) is 1.99. The average molecular weight is 299 g/mol. The molecule has 2 rings (SSSR count). The third-order valence-corrected chi connectivity index (χ3v) is 2.88. The van der Waals surface area contributed by atoms with Gasteiger partial charge in [-0.05, 0) is 47.1 Å². The van der Waals surface area contributed by atoms with E-state index >= 15 is 0 Å². The van der Waals surface area contributed by atoms with E-state index in [4.69, 9.17) is 5.11 Å². The lowest BCUT2D eigenvalue weighted by Crippen LogP contribution is -2.03. The van der Waals surface area contributed by atoms with Gasteiger partial charge in [0.1, 0.15) is 5.82 Å². The van der Waals surface area contributed by atoms with Gasteiger partial charge < -0.3 is 5.11 Å². The first kappa shape index (κ1) is 11.8. The summed E-state index contributed by atoms with van der Waals surface area (Å²) in [5, 5.41) is 12.8. The summed E-state index contributed by atoms with van der Waals surface area (Å²) in [6.45, 7) is 1.73. The van der Waals surface area contributed by atoms with E-state index in [1.165, 1.54) is 28.9 Å². The maximum absolute atomic E-state index is 12.9. The highest BCUT2D eigenvalue weighted by Crippen LogP contribution is 2.23. The van der Waals surface area contributed by atoms with Gasteiger partial charge in [-0.25, -0.2) is 13.9 Å². The van der Waals surface area contributed by atoms with E-state index in [1.54, 1.807) is 6.92 Å². The molecule has 88 valence electrons. The zero-order chi connectivity index (χ0) is 12.6.